The van der Waals surface area contributed by atoms with Crippen molar-refractivity contribution in [3.8, 4) is 0 Å². The molecule has 0 heterocycles. The van der Waals surface area contributed by atoms with Crippen molar-refractivity contribution in [2.75, 3.05) is 0 Å². The first-order valence-corrected chi connectivity index (χ1v) is 3.72. The Morgan fingerprint density at radius 1 is 1.67 bits per heavy atom. The fourth-order valence-corrected chi connectivity index (χ4v) is 1.23. The zero-order valence-electron chi connectivity index (χ0n) is 5.89. The second-order valence-corrected chi connectivity index (χ2v) is 3.19. The Balaban J connectivity index is 2.75. The summed E-state index contributed by atoms with van der Waals surface area (Å²) in [5, 5.41) is 0. The highest BCUT2D eigenvalue weighted by molar-refractivity contribution is 7.84. The van der Waals surface area contributed by atoms with Crippen LogP contribution in [0.5, 0.6) is 0 Å². The van der Waals surface area contributed by atoms with Crippen LogP contribution in [0.4, 0.5) is 0 Å². The van der Waals surface area contributed by atoms with Crippen LogP contribution in [0.25, 0.3) is 0 Å². The molecule has 1 heteroatoms. The maximum absolute atomic E-state index is 4.29. The minimum absolute atomic E-state index is 0.709. The summed E-state index contributed by atoms with van der Waals surface area (Å²) in [5.74, 6) is 0.709. The van der Waals surface area contributed by atoms with Crippen LogP contribution in [-0.2, 0) is 0 Å². The molecule has 9 heavy (non-hydrogen) atoms. The predicted molar refractivity (Wildman–Crippen MR) is 44.6 cm³/mol. The normalized spacial score (nSPS) is 27.2. The summed E-state index contributed by atoms with van der Waals surface area (Å²) < 4.78 is 0. The Bertz CT molecular complexity index is 165. The summed E-state index contributed by atoms with van der Waals surface area (Å²) in [6.07, 6.45) is 5.47. The molecule has 0 saturated heterocycles. The lowest BCUT2D eigenvalue weighted by Crippen LogP contribution is -1.96. The molecular weight excluding hydrogens is 128 g/mol. The topological polar surface area (TPSA) is 0 Å². The van der Waals surface area contributed by atoms with E-state index < -0.39 is 0 Å². The van der Waals surface area contributed by atoms with Gasteiger partial charge in [-0.25, -0.2) is 0 Å². The van der Waals surface area contributed by atoms with Gasteiger partial charge in [-0.2, -0.15) is 0 Å². The third-order valence-electron chi connectivity index (χ3n) is 1.65. The molecule has 0 radical (unpaired) electrons. The molecule has 0 fully saturated rings. The van der Waals surface area contributed by atoms with E-state index in [1.54, 1.807) is 0 Å². The highest BCUT2D eigenvalue weighted by Gasteiger charge is 2.05. The van der Waals surface area contributed by atoms with Crippen LogP contribution in [0.1, 0.15) is 20.3 Å². The molecule has 0 saturated carbocycles. The second kappa shape index (κ2) is 2.61. The zero-order valence-corrected chi connectivity index (χ0v) is 6.78. The van der Waals surface area contributed by atoms with Gasteiger partial charge in [-0.05, 0) is 19.3 Å². The summed E-state index contributed by atoms with van der Waals surface area (Å²) in [4.78, 5) is 1.15. The van der Waals surface area contributed by atoms with E-state index >= 15 is 0 Å². The first-order valence-electron chi connectivity index (χ1n) is 3.27. The molecule has 0 spiro atoms. The third-order valence-corrected chi connectivity index (χ3v) is 2.18. The minimum atomic E-state index is 0.709. The Labute approximate surface area is 62.1 Å². The smallest absolute Gasteiger partial charge is 0.00263 e. The molecule has 0 amide bonds. The van der Waals surface area contributed by atoms with Crippen molar-refractivity contribution >= 4 is 12.6 Å². The fourth-order valence-electron chi connectivity index (χ4n) is 1.05. The van der Waals surface area contributed by atoms with Crippen molar-refractivity contribution in [3.63, 3.8) is 0 Å². The molecule has 1 rings (SSSR count). The molecule has 0 aromatic carbocycles. The second-order valence-electron chi connectivity index (χ2n) is 2.71. The molecule has 0 nitrogen and oxygen atoms in total. The van der Waals surface area contributed by atoms with Gasteiger partial charge in [0.25, 0.3) is 0 Å². The number of hydrogen-bond donors (Lipinski definition) is 1. The van der Waals surface area contributed by atoms with Crippen molar-refractivity contribution in [2.45, 2.75) is 20.3 Å². The van der Waals surface area contributed by atoms with Gasteiger partial charge in [-0.1, -0.05) is 24.6 Å². The molecule has 0 aliphatic heterocycles. The first kappa shape index (κ1) is 6.94. The van der Waals surface area contributed by atoms with Crippen LogP contribution in [0.2, 0.25) is 0 Å². The molecule has 1 aliphatic carbocycles. The van der Waals surface area contributed by atoms with E-state index in [0.29, 0.717) is 5.92 Å². The minimum Gasteiger partial charge on any atom is -0.143 e. The monoisotopic (exact) mass is 140 g/mol. The molecule has 1 atom stereocenters. The quantitative estimate of drug-likeness (QED) is 0.491. The van der Waals surface area contributed by atoms with Gasteiger partial charge in [0.2, 0.25) is 0 Å². The van der Waals surface area contributed by atoms with Crippen LogP contribution < -0.4 is 0 Å². The van der Waals surface area contributed by atoms with Gasteiger partial charge in [-0.15, -0.1) is 12.6 Å². The van der Waals surface area contributed by atoms with Crippen LogP contribution >= 0.6 is 12.6 Å². The molecule has 1 unspecified atom stereocenters. The van der Waals surface area contributed by atoms with E-state index in [-0.39, 0.29) is 0 Å². The Morgan fingerprint density at radius 2 is 2.33 bits per heavy atom. The van der Waals surface area contributed by atoms with Gasteiger partial charge in [0.15, 0.2) is 0 Å². The van der Waals surface area contributed by atoms with E-state index in [0.717, 1.165) is 4.91 Å². The number of rotatable bonds is 0. The summed E-state index contributed by atoms with van der Waals surface area (Å²) in [5.41, 5.74) is 1.41. The van der Waals surface area contributed by atoms with Gasteiger partial charge >= 0.3 is 0 Å². The molecule has 0 aromatic heterocycles. The van der Waals surface area contributed by atoms with Gasteiger partial charge < -0.3 is 0 Å². The summed E-state index contributed by atoms with van der Waals surface area (Å²) in [7, 11) is 0. The van der Waals surface area contributed by atoms with E-state index in [4.69, 9.17) is 0 Å². The van der Waals surface area contributed by atoms with E-state index in [1.165, 1.54) is 12.0 Å². The predicted octanol–water partition coefficient (Wildman–Crippen LogP) is 2.79. The maximum atomic E-state index is 4.29. The van der Waals surface area contributed by atoms with Gasteiger partial charge in [0, 0.05) is 4.91 Å². The SMILES string of the molecule is CC1=C(S)C=CC(C)C1. The first-order chi connectivity index (χ1) is 4.20. The molecule has 0 aromatic rings. The summed E-state index contributed by atoms with van der Waals surface area (Å²) in [6.45, 7) is 4.36. The van der Waals surface area contributed by atoms with Crippen LogP contribution in [0, 0.1) is 5.92 Å². The number of thiol groups is 1. The molecule has 1 aliphatic rings. The summed E-state index contributed by atoms with van der Waals surface area (Å²) in [6, 6.07) is 0. The van der Waals surface area contributed by atoms with Crippen LogP contribution in [0.3, 0.4) is 0 Å². The van der Waals surface area contributed by atoms with Gasteiger partial charge in [0.05, 0.1) is 0 Å². The van der Waals surface area contributed by atoms with Gasteiger partial charge in [-0.3, -0.25) is 0 Å². The van der Waals surface area contributed by atoms with Crippen molar-refractivity contribution in [3.05, 3.63) is 22.6 Å². The zero-order chi connectivity index (χ0) is 6.85. The Morgan fingerprint density at radius 3 is 2.78 bits per heavy atom. The molecule has 0 bridgehead atoms. The third kappa shape index (κ3) is 1.62. The Kier molecular flexibility index (Phi) is 2.01. The number of hydrogen-bond acceptors (Lipinski definition) is 1. The highest BCUT2D eigenvalue weighted by atomic mass is 32.1. The Hall–Kier alpha value is -0.170. The molecule has 50 valence electrons. The molecular formula is C8H12S. The van der Waals surface area contributed by atoms with Crippen molar-refractivity contribution in [1.82, 2.24) is 0 Å². The largest absolute Gasteiger partial charge is 0.143 e. The average Bonchev–Trinajstić information content (AvgIpc) is 1.80. The van der Waals surface area contributed by atoms with Gasteiger partial charge in [0.1, 0.15) is 0 Å². The van der Waals surface area contributed by atoms with Crippen LogP contribution in [0.15, 0.2) is 22.6 Å². The highest BCUT2D eigenvalue weighted by Crippen LogP contribution is 2.24. The lowest BCUT2D eigenvalue weighted by atomic mass is 9.97. The maximum Gasteiger partial charge on any atom is 0.00263 e. The van der Waals surface area contributed by atoms with E-state index in [9.17, 15) is 0 Å². The lowest BCUT2D eigenvalue weighted by Gasteiger charge is -2.12. The van der Waals surface area contributed by atoms with Crippen molar-refractivity contribution in [2.24, 2.45) is 5.92 Å². The van der Waals surface area contributed by atoms with Crippen molar-refractivity contribution in [1.29, 1.82) is 0 Å². The van der Waals surface area contributed by atoms with Crippen molar-refractivity contribution < 1.29 is 0 Å². The number of allylic oxidation sites excluding steroid dienone is 3. The van der Waals surface area contributed by atoms with Crippen LogP contribution in [-0.4, -0.2) is 0 Å². The standard InChI is InChI=1S/C8H12S/c1-6-3-4-8(9)7(2)5-6/h3-4,6,9H,5H2,1-2H3. The van der Waals surface area contributed by atoms with E-state index in [2.05, 4.69) is 38.6 Å². The fraction of sp³-hybridized carbons (Fsp3) is 0.500. The van der Waals surface area contributed by atoms with E-state index in [1.807, 2.05) is 0 Å². The summed E-state index contributed by atoms with van der Waals surface area (Å²) >= 11 is 4.29. The molecule has 0 N–H and O–H groups in total. The lowest BCUT2D eigenvalue weighted by molar-refractivity contribution is 0.706. The average molecular weight is 140 g/mol.